The van der Waals surface area contributed by atoms with Crippen LogP contribution in [0.2, 0.25) is 0 Å². The third kappa shape index (κ3) is 3.21. The van der Waals surface area contributed by atoms with Gasteiger partial charge in [0.05, 0.1) is 0 Å². The van der Waals surface area contributed by atoms with E-state index in [0.29, 0.717) is 6.04 Å². The molecule has 0 radical (unpaired) electrons. The fourth-order valence-electron chi connectivity index (χ4n) is 1.60. The summed E-state index contributed by atoms with van der Waals surface area (Å²) in [5.41, 5.74) is 0. The third-order valence-corrected chi connectivity index (χ3v) is 2.30. The van der Waals surface area contributed by atoms with Gasteiger partial charge >= 0.3 is 0 Å². The van der Waals surface area contributed by atoms with Gasteiger partial charge in [-0.05, 0) is 32.5 Å². The predicted octanol–water partition coefficient (Wildman–Crippen LogP) is 0.936. The van der Waals surface area contributed by atoms with E-state index >= 15 is 0 Å². The van der Waals surface area contributed by atoms with Gasteiger partial charge in [-0.25, -0.2) is 0 Å². The molecule has 1 N–H and O–H groups in total. The molecule has 0 aromatic heterocycles. The van der Waals surface area contributed by atoms with Crippen molar-refractivity contribution in [2.24, 2.45) is 5.92 Å². The lowest BCUT2D eigenvalue weighted by atomic mass is 10.1. The van der Waals surface area contributed by atoms with Crippen molar-refractivity contribution in [1.29, 1.82) is 0 Å². The Morgan fingerprint density at radius 3 is 2.73 bits per heavy atom. The highest BCUT2D eigenvalue weighted by atomic mass is 15.1. The van der Waals surface area contributed by atoms with Gasteiger partial charge in [0.25, 0.3) is 0 Å². The standard InChI is InChI=1S/C9H20N2/c1-8(2)10-6-9-4-5-11(3)7-9/h8-10H,4-7H2,1-3H3/t9-/m0/s1. The first-order valence-corrected chi connectivity index (χ1v) is 4.60. The number of rotatable bonds is 3. The van der Waals surface area contributed by atoms with Crippen LogP contribution >= 0.6 is 0 Å². The molecule has 1 aliphatic rings. The van der Waals surface area contributed by atoms with Crippen molar-refractivity contribution in [2.45, 2.75) is 26.3 Å². The molecular weight excluding hydrogens is 136 g/mol. The maximum Gasteiger partial charge on any atom is 0.00192 e. The monoisotopic (exact) mass is 156 g/mol. The normalized spacial score (nSPS) is 26.7. The van der Waals surface area contributed by atoms with Crippen LogP contribution in [-0.2, 0) is 0 Å². The first-order chi connectivity index (χ1) is 5.18. The van der Waals surface area contributed by atoms with Gasteiger partial charge in [-0.1, -0.05) is 13.8 Å². The van der Waals surface area contributed by atoms with Gasteiger partial charge in [-0.15, -0.1) is 0 Å². The number of hydrogen-bond acceptors (Lipinski definition) is 2. The first kappa shape index (κ1) is 9.01. The Morgan fingerprint density at radius 1 is 1.55 bits per heavy atom. The zero-order valence-corrected chi connectivity index (χ0v) is 7.93. The molecule has 0 saturated carbocycles. The van der Waals surface area contributed by atoms with E-state index in [1.165, 1.54) is 26.1 Å². The quantitative estimate of drug-likeness (QED) is 0.654. The number of likely N-dealkylation sites (tertiary alicyclic amines) is 1. The van der Waals surface area contributed by atoms with Gasteiger partial charge in [0.1, 0.15) is 0 Å². The molecule has 1 atom stereocenters. The Bertz CT molecular complexity index is 112. The second kappa shape index (κ2) is 4.07. The van der Waals surface area contributed by atoms with Crippen LogP contribution in [-0.4, -0.2) is 37.6 Å². The molecule has 0 aromatic rings. The van der Waals surface area contributed by atoms with Crippen molar-refractivity contribution in [3.05, 3.63) is 0 Å². The molecule has 2 nitrogen and oxygen atoms in total. The van der Waals surface area contributed by atoms with Gasteiger partial charge in [0.15, 0.2) is 0 Å². The fourth-order valence-corrected chi connectivity index (χ4v) is 1.60. The predicted molar refractivity (Wildman–Crippen MR) is 48.7 cm³/mol. The van der Waals surface area contributed by atoms with Crippen LogP contribution in [0.5, 0.6) is 0 Å². The Kier molecular flexibility index (Phi) is 3.34. The molecular formula is C9H20N2. The van der Waals surface area contributed by atoms with E-state index in [2.05, 4.69) is 31.1 Å². The first-order valence-electron chi connectivity index (χ1n) is 4.60. The number of nitrogens with one attached hydrogen (secondary N) is 1. The molecule has 1 fully saturated rings. The van der Waals surface area contributed by atoms with Crippen LogP contribution in [0.25, 0.3) is 0 Å². The van der Waals surface area contributed by atoms with Gasteiger partial charge in [0, 0.05) is 12.6 Å². The molecule has 0 aliphatic carbocycles. The number of nitrogens with zero attached hydrogens (tertiary/aromatic N) is 1. The molecule has 0 amide bonds. The fraction of sp³-hybridized carbons (Fsp3) is 1.00. The summed E-state index contributed by atoms with van der Waals surface area (Å²) in [6.07, 6.45) is 1.37. The minimum Gasteiger partial charge on any atom is -0.314 e. The Hall–Kier alpha value is -0.0800. The van der Waals surface area contributed by atoms with E-state index in [4.69, 9.17) is 0 Å². The maximum atomic E-state index is 3.48. The summed E-state index contributed by atoms with van der Waals surface area (Å²) in [5.74, 6) is 0.891. The Morgan fingerprint density at radius 2 is 2.27 bits per heavy atom. The van der Waals surface area contributed by atoms with E-state index < -0.39 is 0 Å². The summed E-state index contributed by atoms with van der Waals surface area (Å²) in [5, 5.41) is 3.48. The highest BCUT2D eigenvalue weighted by molar-refractivity contribution is 4.75. The molecule has 0 aromatic carbocycles. The summed E-state index contributed by atoms with van der Waals surface area (Å²) in [4.78, 5) is 2.41. The van der Waals surface area contributed by atoms with Crippen LogP contribution < -0.4 is 5.32 Å². The summed E-state index contributed by atoms with van der Waals surface area (Å²) < 4.78 is 0. The van der Waals surface area contributed by atoms with Crippen molar-refractivity contribution in [3.8, 4) is 0 Å². The average molecular weight is 156 g/mol. The van der Waals surface area contributed by atoms with Gasteiger partial charge in [-0.3, -0.25) is 0 Å². The van der Waals surface area contributed by atoms with Gasteiger partial charge < -0.3 is 10.2 Å². The minimum absolute atomic E-state index is 0.640. The van der Waals surface area contributed by atoms with Crippen molar-refractivity contribution in [3.63, 3.8) is 0 Å². The highest BCUT2D eigenvalue weighted by Gasteiger charge is 2.18. The molecule has 66 valence electrons. The molecule has 0 bridgehead atoms. The molecule has 0 spiro atoms. The summed E-state index contributed by atoms with van der Waals surface area (Å²) >= 11 is 0. The van der Waals surface area contributed by atoms with Gasteiger partial charge in [0.2, 0.25) is 0 Å². The second-order valence-electron chi connectivity index (χ2n) is 3.98. The molecule has 11 heavy (non-hydrogen) atoms. The van der Waals surface area contributed by atoms with Crippen molar-refractivity contribution < 1.29 is 0 Å². The van der Waals surface area contributed by atoms with Crippen LogP contribution in [0.4, 0.5) is 0 Å². The Labute approximate surface area is 70.0 Å². The second-order valence-corrected chi connectivity index (χ2v) is 3.98. The maximum absolute atomic E-state index is 3.48. The summed E-state index contributed by atoms with van der Waals surface area (Å²) in [7, 11) is 2.20. The van der Waals surface area contributed by atoms with Crippen molar-refractivity contribution >= 4 is 0 Å². The van der Waals surface area contributed by atoms with E-state index in [9.17, 15) is 0 Å². The molecule has 1 heterocycles. The zero-order chi connectivity index (χ0) is 8.27. The molecule has 1 saturated heterocycles. The SMILES string of the molecule is CC(C)NC[C@@H]1CCN(C)C1. The van der Waals surface area contributed by atoms with E-state index in [1.54, 1.807) is 0 Å². The lowest BCUT2D eigenvalue weighted by Crippen LogP contribution is -2.30. The summed E-state index contributed by atoms with van der Waals surface area (Å²) in [6, 6.07) is 0.640. The highest BCUT2D eigenvalue weighted by Crippen LogP contribution is 2.12. The van der Waals surface area contributed by atoms with Crippen LogP contribution in [0, 0.1) is 5.92 Å². The van der Waals surface area contributed by atoms with Crippen LogP contribution in [0.15, 0.2) is 0 Å². The number of hydrogen-bond donors (Lipinski definition) is 1. The van der Waals surface area contributed by atoms with Crippen LogP contribution in [0.1, 0.15) is 20.3 Å². The molecule has 1 aliphatic heterocycles. The van der Waals surface area contributed by atoms with Crippen molar-refractivity contribution in [1.82, 2.24) is 10.2 Å². The van der Waals surface area contributed by atoms with E-state index in [1.807, 2.05) is 0 Å². The lowest BCUT2D eigenvalue weighted by Gasteiger charge is -2.13. The van der Waals surface area contributed by atoms with E-state index in [0.717, 1.165) is 5.92 Å². The zero-order valence-electron chi connectivity index (χ0n) is 7.93. The lowest BCUT2D eigenvalue weighted by molar-refractivity contribution is 0.383. The average Bonchev–Trinajstić information content (AvgIpc) is 2.31. The topological polar surface area (TPSA) is 15.3 Å². The Balaban J connectivity index is 2.08. The smallest absolute Gasteiger partial charge is 0.00192 e. The molecule has 2 heteroatoms. The van der Waals surface area contributed by atoms with Crippen LogP contribution in [0.3, 0.4) is 0 Å². The largest absolute Gasteiger partial charge is 0.314 e. The third-order valence-electron chi connectivity index (χ3n) is 2.30. The van der Waals surface area contributed by atoms with Gasteiger partial charge in [-0.2, -0.15) is 0 Å². The molecule has 1 rings (SSSR count). The van der Waals surface area contributed by atoms with Crippen molar-refractivity contribution in [2.75, 3.05) is 26.7 Å². The summed E-state index contributed by atoms with van der Waals surface area (Å²) in [6.45, 7) is 8.17. The van der Waals surface area contributed by atoms with E-state index in [-0.39, 0.29) is 0 Å². The minimum atomic E-state index is 0.640. The molecule has 0 unspecified atom stereocenters.